The minimum absolute atomic E-state index is 0.252. The highest BCUT2D eigenvalue weighted by molar-refractivity contribution is 9.10. The van der Waals surface area contributed by atoms with Crippen LogP contribution in [-0.2, 0) is 14.4 Å². The Morgan fingerprint density at radius 2 is 1.82 bits per heavy atom. The van der Waals surface area contributed by atoms with Gasteiger partial charge in [-0.15, -0.1) is 0 Å². The Hall–Kier alpha value is -4.15. The number of amides is 5. The second-order valence-corrected chi connectivity index (χ2v) is 9.87. The third-order valence-corrected chi connectivity index (χ3v) is 6.67. The van der Waals surface area contributed by atoms with Crippen LogP contribution in [0.3, 0.4) is 0 Å². The number of ether oxygens (including phenoxy) is 2. The molecule has 1 heterocycles. The van der Waals surface area contributed by atoms with E-state index < -0.39 is 17.8 Å². The number of aryl methyl sites for hydroxylation is 2. The first kappa shape index (κ1) is 27.9. The minimum atomic E-state index is -0.876. The van der Waals surface area contributed by atoms with Gasteiger partial charge < -0.3 is 14.8 Å². The van der Waals surface area contributed by atoms with Gasteiger partial charge in [0.2, 0.25) is 0 Å². The summed E-state index contributed by atoms with van der Waals surface area (Å²) in [6, 6.07) is 14.4. The van der Waals surface area contributed by atoms with Crippen LogP contribution in [0, 0.1) is 13.8 Å². The van der Waals surface area contributed by atoms with Crippen molar-refractivity contribution in [2.24, 2.45) is 0 Å². The zero-order chi connectivity index (χ0) is 28.3. The normalized spacial score (nSPS) is 14.3. The van der Waals surface area contributed by atoms with Gasteiger partial charge in [-0.3, -0.25) is 19.7 Å². The van der Waals surface area contributed by atoms with E-state index in [-0.39, 0.29) is 35.3 Å². The number of benzene rings is 3. The molecule has 2 N–H and O–H groups in total. The minimum Gasteiger partial charge on any atom is -0.493 e. The van der Waals surface area contributed by atoms with E-state index in [1.165, 1.54) is 25.3 Å². The van der Waals surface area contributed by atoms with Crippen LogP contribution in [0.2, 0.25) is 5.02 Å². The van der Waals surface area contributed by atoms with Crippen molar-refractivity contribution in [3.8, 4) is 11.5 Å². The molecule has 0 atom stereocenters. The van der Waals surface area contributed by atoms with Gasteiger partial charge in [-0.1, -0.05) is 35.9 Å². The van der Waals surface area contributed by atoms with Gasteiger partial charge in [-0.25, -0.2) is 9.69 Å². The van der Waals surface area contributed by atoms with E-state index in [2.05, 4.69) is 26.6 Å². The van der Waals surface area contributed by atoms with E-state index in [4.69, 9.17) is 21.1 Å². The van der Waals surface area contributed by atoms with Crippen molar-refractivity contribution in [2.75, 3.05) is 23.9 Å². The predicted molar refractivity (Wildman–Crippen MR) is 151 cm³/mol. The maximum absolute atomic E-state index is 13.3. The fourth-order valence-electron chi connectivity index (χ4n) is 3.87. The van der Waals surface area contributed by atoms with Crippen molar-refractivity contribution >= 4 is 68.7 Å². The standard InChI is InChI=1S/C28H23BrClN3O6/c1-15-6-4-5-7-21(15)31-24(34)14-39-25-20(29)11-17(12-23(25)38-3)10-19-26(35)32-28(37)33(27(19)36)22-13-18(30)9-8-16(22)2/h4-13H,14H2,1-3H3,(H,31,34)(H,32,35,37)/b19-10+. The molecule has 9 nitrogen and oxygen atoms in total. The number of para-hydroxylation sites is 1. The number of nitrogens with one attached hydrogen (secondary N) is 2. The summed E-state index contributed by atoms with van der Waals surface area (Å²) in [5.41, 5.74) is 2.60. The number of barbiturate groups is 1. The van der Waals surface area contributed by atoms with Crippen LogP contribution in [0.15, 0.2) is 64.6 Å². The van der Waals surface area contributed by atoms with Gasteiger partial charge in [-0.05, 0) is 82.9 Å². The van der Waals surface area contributed by atoms with Gasteiger partial charge in [0.1, 0.15) is 5.57 Å². The summed E-state index contributed by atoms with van der Waals surface area (Å²) in [6.07, 6.45) is 1.33. The van der Waals surface area contributed by atoms with Gasteiger partial charge >= 0.3 is 6.03 Å². The molecular weight excluding hydrogens is 590 g/mol. The average Bonchev–Trinajstić information content (AvgIpc) is 2.89. The van der Waals surface area contributed by atoms with Crippen LogP contribution in [0.25, 0.3) is 6.08 Å². The smallest absolute Gasteiger partial charge is 0.335 e. The van der Waals surface area contributed by atoms with Crippen LogP contribution in [0.4, 0.5) is 16.2 Å². The zero-order valence-corrected chi connectivity index (χ0v) is 23.5. The summed E-state index contributed by atoms with van der Waals surface area (Å²) in [7, 11) is 1.42. The molecule has 1 fully saturated rings. The van der Waals surface area contributed by atoms with Crippen LogP contribution < -0.4 is 25.0 Å². The molecule has 0 radical (unpaired) electrons. The van der Waals surface area contributed by atoms with Crippen LogP contribution in [0.1, 0.15) is 16.7 Å². The Labute approximate surface area is 237 Å². The molecule has 0 aliphatic carbocycles. The summed E-state index contributed by atoms with van der Waals surface area (Å²) in [4.78, 5) is 51.8. The van der Waals surface area contributed by atoms with Gasteiger partial charge in [0.15, 0.2) is 18.1 Å². The number of carbonyl (C=O) groups is 4. The molecule has 0 saturated carbocycles. The summed E-state index contributed by atoms with van der Waals surface area (Å²) >= 11 is 9.48. The Morgan fingerprint density at radius 3 is 2.54 bits per heavy atom. The maximum atomic E-state index is 13.3. The fraction of sp³-hybridized carbons (Fsp3) is 0.143. The number of rotatable bonds is 7. The van der Waals surface area contributed by atoms with Crippen molar-refractivity contribution in [3.05, 3.63) is 86.4 Å². The number of halogens is 2. The Balaban J connectivity index is 1.58. The monoisotopic (exact) mass is 611 g/mol. The molecule has 1 aliphatic rings. The molecule has 1 saturated heterocycles. The zero-order valence-electron chi connectivity index (χ0n) is 21.1. The molecule has 11 heteroatoms. The Kier molecular flexibility index (Phi) is 8.37. The topological polar surface area (TPSA) is 114 Å². The number of anilines is 2. The molecule has 0 unspecified atom stereocenters. The van der Waals surface area contributed by atoms with E-state index in [0.717, 1.165) is 10.5 Å². The van der Waals surface area contributed by atoms with E-state index in [1.807, 2.05) is 25.1 Å². The van der Waals surface area contributed by atoms with Crippen molar-refractivity contribution in [2.45, 2.75) is 13.8 Å². The highest BCUT2D eigenvalue weighted by Gasteiger charge is 2.37. The van der Waals surface area contributed by atoms with Crippen LogP contribution in [0.5, 0.6) is 11.5 Å². The Morgan fingerprint density at radius 1 is 1.08 bits per heavy atom. The van der Waals surface area contributed by atoms with Gasteiger partial charge in [0, 0.05) is 10.7 Å². The third-order valence-electron chi connectivity index (χ3n) is 5.84. The van der Waals surface area contributed by atoms with Crippen molar-refractivity contribution in [3.63, 3.8) is 0 Å². The van der Waals surface area contributed by atoms with Crippen molar-refractivity contribution in [1.82, 2.24) is 5.32 Å². The maximum Gasteiger partial charge on any atom is 0.335 e. The summed E-state index contributed by atoms with van der Waals surface area (Å²) in [5, 5.41) is 5.31. The number of methoxy groups -OCH3 is 1. The lowest BCUT2D eigenvalue weighted by molar-refractivity contribution is -0.122. The van der Waals surface area contributed by atoms with Gasteiger partial charge in [0.05, 0.1) is 17.3 Å². The molecule has 39 heavy (non-hydrogen) atoms. The first-order valence-corrected chi connectivity index (χ1v) is 12.8. The SMILES string of the molecule is COc1cc(/C=C2\C(=O)NC(=O)N(c3cc(Cl)ccc3C)C2=O)cc(Br)c1OCC(=O)Nc1ccccc1C. The second-order valence-electron chi connectivity index (χ2n) is 8.57. The molecule has 3 aromatic carbocycles. The van der Waals surface area contributed by atoms with Crippen LogP contribution >= 0.6 is 27.5 Å². The second kappa shape index (κ2) is 11.7. The number of urea groups is 1. The number of nitrogens with zero attached hydrogens (tertiary/aromatic N) is 1. The first-order valence-electron chi connectivity index (χ1n) is 11.6. The Bertz CT molecular complexity index is 1540. The summed E-state index contributed by atoms with van der Waals surface area (Å²) in [6.45, 7) is 3.31. The van der Waals surface area contributed by atoms with E-state index >= 15 is 0 Å². The molecule has 0 aromatic heterocycles. The molecule has 4 rings (SSSR count). The molecule has 200 valence electrons. The molecule has 5 amide bonds. The third kappa shape index (κ3) is 6.13. The van der Waals surface area contributed by atoms with E-state index in [1.54, 1.807) is 31.2 Å². The molecule has 3 aromatic rings. The number of carbonyl (C=O) groups excluding carboxylic acids is 4. The first-order chi connectivity index (χ1) is 18.6. The molecule has 0 bridgehead atoms. The summed E-state index contributed by atoms with van der Waals surface area (Å²) in [5.74, 6) is -1.51. The lowest BCUT2D eigenvalue weighted by atomic mass is 10.1. The van der Waals surface area contributed by atoms with E-state index in [9.17, 15) is 19.2 Å². The predicted octanol–water partition coefficient (Wildman–Crippen LogP) is 5.41. The number of imide groups is 2. The molecule has 0 spiro atoms. The molecular formula is C28H23BrClN3O6. The average molecular weight is 613 g/mol. The summed E-state index contributed by atoms with van der Waals surface area (Å²) < 4.78 is 11.6. The highest BCUT2D eigenvalue weighted by atomic mass is 79.9. The van der Waals surface area contributed by atoms with E-state index in [0.29, 0.717) is 26.3 Å². The van der Waals surface area contributed by atoms with Crippen molar-refractivity contribution < 1.29 is 28.7 Å². The highest BCUT2D eigenvalue weighted by Crippen LogP contribution is 2.38. The number of hydrogen-bond donors (Lipinski definition) is 2. The lowest BCUT2D eigenvalue weighted by Gasteiger charge is -2.27. The number of hydrogen-bond acceptors (Lipinski definition) is 6. The molecule has 1 aliphatic heterocycles. The fourth-order valence-corrected chi connectivity index (χ4v) is 4.61. The lowest BCUT2D eigenvalue weighted by Crippen LogP contribution is -2.54. The van der Waals surface area contributed by atoms with Crippen molar-refractivity contribution in [1.29, 1.82) is 0 Å². The van der Waals surface area contributed by atoms with Crippen LogP contribution in [-0.4, -0.2) is 37.5 Å². The van der Waals surface area contributed by atoms with Gasteiger partial charge in [0.25, 0.3) is 17.7 Å². The quantitative estimate of drug-likeness (QED) is 0.272. The largest absolute Gasteiger partial charge is 0.493 e. The van der Waals surface area contributed by atoms with Gasteiger partial charge in [-0.2, -0.15) is 0 Å².